The first-order valence-corrected chi connectivity index (χ1v) is 6.84. The minimum absolute atomic E-state index is 0.0762. The molecule has 2 aliphatic rings. The lowest BCUT2D eigenvalue weighted by molar-refractivity contribution is -0.123. The second kappa shape index (κ2) is 4.24. The van der Waals surface area contributed by atoms with E-state index in [0.717, 1.165) is 17.1 Å². The van der Waals surface area contributed by atoms with Crippen LogP contribution in [0.5, 0.6) is 5.75 Å². The summed E-state index contributed by atoms with van der Waals surface area (Å²) >= 11 is 1.67. The van der Waals surface area contributed by atoms with Crippen molar-refractivity contribution in [2.75, 3.05) is 18.7 Å². The Morgan fingerprint density at radius 2 is 2.11 bits per heavy atom. The molecule has 1 unspecified atom stereocenters. The molecule has 2 heterocycles. The average molecular weight is 263 g/mol. The molecule has 2 aliphatic heterocycles. The third-order valence-electron chi connectivity index (χ3n) is 3.31. The molecule has 0 saturated carbocycles. The summed E-state index contributed by atoms with van der Waals surface area (Å²) in [6.07, 6.45) is 0. The molecule has 1 amide bonds. The standard InChI is InChI=1S/C13H13NO3S/c1-17-9-4-2-8(3-5-9)11-12(15)10-6-18-7-14(10)13(11)16/h2-5,10,15H,6-7H2,1H3. The molecule has 18 heavy (non-hydrogen) atoms. The van der Waals surface area contributed by atoms with Crippen molar-refractivity contribution in [2.24, 2.45) is 0 Å². The highest BCUT2D eigenvalue weighted by Gasteiger charge is 2.42. The van der Waals surface area contributed by atoms with E-state index in [2.05, 4.69) is 0 Å². The Balaban J connectivity index is 2.00. The Bertz CT molecular complexity index is 524. The van der Waals surface area contributed by atoms with Gasteiger partial charge in [0, 0.05) is 5.75 Å². The SMILES string of the molecule is COc1ccc(C2=C(O)C3CSCN3C2=O)cc1. The van der Waals surface area contributed by atoms with Crippen LogP contribution >= 0.6 is 11.8 Å². The lowest BCUT2D eigenvalue weighted by atomic mass is 10.0. The van der Waals surface area contributed by atoms with Gasteiger partial charge in [0.05, 0.1) is 18.6 Å². The molecule has 0 aliphatic carbocycles. The van der Waals surface area contributed by atoms with E-state index in [9.17, 15) is 9.90 Å². The van der Waals surface area contributed by atoms with Crippen LogP contribution in [0.2, 0.25) is 0 Å². The quantitative estimate of drug-likeness (QED) is 0.885. The monoisotopic (exact) mass is 263 g/mol. The van der Waals surface area contributed by atoms with E-state index >= 15 is 0 Å². The lowest BCUT2D eigenvalue weighted by Crippen LogP contribution is -2.30. The van der Waals surface area contributed by atoms with Crippen LogP contribution in [0, 0.1) is 0 Å². The Labute approximate surface area is 109 Å². The Morgan fingerprint density at radius 1 is 1.39 bits per heavy atom. The summed E-state index contributed by atoms with van der Waals surface area (Å²) in [4.78, 5) is 13.9. The second-order valence-electron chi connectivity index (χ2n) is 4.28. The summed E-state index contributed by atoms with van der Waals surface area (Å²) in [6.45, 7) is 0. The van der Waals surface area contributed by atoms with Crippen molar-refractivity contribution >= 4 is 23.2 Å². The number of thioether (sulfide) groups is 1. The van der Waals surface area contributed by atoms with Gasteiger partial charge in [-0.3, -0.25) is 4.79 Å². The zero-order valence-electron chi connectivity index (χ0n) is 9.92. The molecule has 0 spiro atoms. The molecule has 0 aromatic heterocycles. The van der Waals surface area contributed by atoms with Gasteiger partial charge in [-0.2, -0.15) is 0 Å². The predicted octanol–water partition coefficient (Wildman–Crippen LogP) is 1.88. The third-order valence-corrected chi connectivity index (χ3v) is 4.32. The summed E-state index contributed by atoms with van der Waals surface area (Å²) in [7, 11) is 1.60. The number of hydrogen-bond acceptors (Lipinski definition) is 4. The topological polar surface area (TPSA) is 49.8 Å². The highest BCUT2D eigenvalue weighted by molar-refractivity contribution is 7.99. The van der Waals surface area contributed by atoms with Crippen LogP contribution in [0.3, 0.4) is 0 Å². The molecular weight excluding hydrogens is 250 g/mol. The number of fused-ring (bicyclic) bond motifs is 1. The predicted molar refractivity (Wildman–Crippen MR) is 70.5 cm³/mol. The number of hydrogen-bond donors (Lipinski definition) is 1. The number of aliphatic hydroxyl groups is 1. The van der Waals surface area contributed by atoms with Crippen molar-refractivity contribution in [1.29, 1.82) is 0 Å². The van der Waals surface area contributed by atoms with Crippen molar-refractivity contribution in [3.8, 4) is 5.75 Å². The Hall–Kier alpha value is -1.62. The van der Waals surface area contributed by atoms with Crippen LogP contribution in [0.1, 0.15) is 5.56 Å². The number of amides is 1. The van der Waals surface area contributed by atoms with Gasteiger partial charge in [0.1, 0.15) is 17.6 Å². The van der Waals surface area contributed by atoms with E-state index in [1.54, 1.807) is 48.0 Å². The van der Waals surface area contributed by atoms with E-state index in [0.29, 0.717) is 11.4 Å². The maximum atomic E-state index is 12.2. The second-order valence-corrected chi connectivity index (χ2v) is 5.28. The number of carbonyl (C=O) groups is 1. The van der Waals surface area contributed by atoms with Gasteiger partial charge in [-0.15, -0.1) is 11.8 Å². The van der Waals surface area contributed by atoms with Crippen LogP contribution in [0.25, 0.3) is 5.57 Å². The zero-order valence-corrected chi connectivity index (χ0v) is 10.7. The number of benzene rings is 1. The number of rotatable bonds is 2. The Morgan fingerprint density at radius 3 is 2.72 bits per heavy atom. The lowest BCUT2D eigenvalue weighted by Gasteiger charge is -2.13. The fourth-order valence-electron chi connectivity index (χ4n) is 2.32. The number of nitrogens with zero attached hydrogens (tertiary/aromatic N) is 1. The van der Waals surface area contributed by atoms with Crippen LogP contribution in [0.15, 0.2) is 30.0 Å². The van der Waals surface area contributed by atoms with Gasteiger partial charge in [-0.1, -0.05) is 12.1 Å². The summed E-state index contributed by atoms with van der Waals surface area (Å²) in [5.41, 5.74) is 1.18. The molecule has 1 saturated heterocycles. The van der Waals surface area contributed by atoms with Gasteiger partial charge in [0.2, 0.25) is 0 Å². The molecule has 1 fully saturated rings. The number of ether oxygens (including phenoxy) is 1. The summed E-state index contributed by atoms with van der Waals surface area (Å²) in [5, 5.41) is 10.2. The smallest absolute Gasteiger partial charge is 0.259 e. The van der Waals surface area contributed by atoms with E-state index in [1.165, 1.54) is 0 Å². The van der Waals surface area contributed by atoms with Gasteiger partial charge < -0.3 is 14.7 Å². The minimum atomic E-state index is -0.139. The summed E-state index contributed by atoms with van der Waals surface area (Å²) in [5.74, 6) is 2.30. The van der Waals surface area contributed by atoms with E-state index in [-0.39, 0.29) is 17.7 Å². The first kappa shape index (κ1) is 11.5. The van der Waals surface area contributed by atoms with Gasteiger partial charge in [0.15, 0.2) is 0 Å². The molecule has 4 nitrogen and oxygen atoms in total. The first-order chi connectivity index (χ1) is 8.72. The Kier molecular flexibility index (Phi) is 2.70. The fraction of sp³-hybridized carbons (Fsp3) is 0.308. The van der Waals surface area contributed by atoms with Gasteiger partial charge in [-0.05, 0) is 17.7 Å². The van der Waals surface area contributed by atoms with E-state index in [4.69, 9.17) is 4.74 Å². The van der Waals surface area contributed by atoms with Crippen LogP contribution in [-0.2, 0) is 4.79 Å². The molecular formula is C13H13NO3S. The number of aliphatic hydroxyl groups excluding tert-OH is 1. The van der Waals surface area contributed by atoms with E-state index < -0.39 is 0 Å². The van der Waals surface area contributed by atoms with Crippen molar-refractivity contribution in [3.05, 3.63) is 35.6 Å². The van der Waals surface area contributed by atoms with Crippen molar-refractivity contribution < 1.29 is 14.6 Å². The van der Waals surface area contributed by atoms with Crippen LogP contribution in [0.4, 0.5) is 0 Å². The molecule has 94 valence electrons. The molecule has 5 heteroatoms. The number of carbonyl (C=O) groups excluding carboxylic acids is 1. The third kappa shape index (κ3) is 1.58. The normalized spacial score (nSPS) is 22.6. The molecule has 1 atom stereocenters. The zero-order chi connectivity index (χ0) is 12.7. The minimum Gasteiger partial charge on any atom is -0.509 e. The molecule has 1 N–H and O–H groups in total. The van der Waals surface area contributed by atoms with Crippen molar-refractivity contribution in [2.45, 2.75) is 6.04 Å². The molecule has 0 radical (unpaired) electrons. The average Bonchev–Trinajstić information content (AvgIpc) is 2.95. The molecule has 3 rings (SSSR count). The van der Waals surface area contributed by atoms with E-state index in [1.807, 2.05) is 0 Å². The van der Waals surface area contributed by atoms with Gasteiger partial charge in [0.25, 0.3) is 5.91 Å². The largest absolute Gasteiger partial charge is 0.509 e. The fourth-order valence-corrected chi connectivity index (χ4v) is 3.48. The molecule has 1 aromatic carbocycles. The van der Waals surface area contributed by atoms with Crippen LogP contribution < -0.4 is 4.74 Å². The van der Waals surface area contributed by atoms with Gasteiger partial charge in [-0.25, -0.2) is 0 Å². The van der Waals surface area contributed by atoms with Crippen molar-refractivity contribution in [1.82, 2.24) is 4.90 Å². The van der Waals surface area contributed by atoms with Crippen molar-refractivity contribution in [3.63, 3.8) is 0 Å². The summed E-state index contributed by atoms with van der Waals surface area (Å²) in [6, 6.07) is 7.05. The first-order valence-electron chi connectivity index (χ1n) is 5.68. The highest BCUT2D eigenvalue weighted by atomic mass is 32.2. The maximum absolute atomic E-state index is 12.2. The summed E-state index contributed by atoms with van der Waals surface area (Å²) < 4.78 is 5.08. The number of methoxy groups -OCH3 is 1. The maximum Gasteiger partial charge on any atom is 0.259 e. The highest BCUT2D eigenvalue weighted by Crippen LogP contribution is 2.38. The van der Waals surface area contributed by atoms with Crippen LogP contribution in [-0.4, -0.2) is 40.7 Å². The van der Waals surface area contributed by atoms with Gasteiger partial charge >= 0.3 is 0 Å². The molecule has 1 aromatic rings. The molecule has 0 bridgehead atoms.